The van der Waals surface area contributed by atoms with Crippen molar-refractivity contribution >= 4 is 33.6 Å². The molecular formula is C21H21N3O3. The van der Waals surface area contributed by atoms with Crippen LogP contribution in [0.4, 0.5) is 0 Å². The molecule has 138 valence electrons. The van der Waals surface area contributed by atoms with Gasteiger partial charge in [-0.3, -0.25) is 14.4 Å². The molecule has 2 amide bonds. The van der Waals surface area contributed by atoms with Crippen molar-refractivity contribution in [2.45, 2.75) is 19.4 Å². The first kappa shape index (κ1) is 17.3. The molecule has 6 nitrogen and oxygen atoms in total. The van der Waals surface area contributed by atoms with Crippen LogP contribution in [0.2, 0.25) is 0 Å². The van der Waals surface area contributed by atoms with Crippen LogP contribution in [0.3, 0.4) is 0 Å². The van der Waals surface area contributed by atoms with E-state index < -0.39 is 0 Å². The van der Waals surface area contributed by atoms with Crippen molar-refractivity contribution in [3.8, 4) is 0 Å². The van der Waals surface area contributed by atoms with Crippen molar-refractivity contribution in [2.75, 3.05) is 13.1 Å². The van der Waals surface area contributed by atoms with E-state index in [1.54, 1.807) is 17.0 Å². The second-order valence-electron chi connectivity index (χ2n) is 7.03. The summed E-state index contributed by atoms with van der Waals surface area (Å²) in [7, 11) is 0. The largest absolute Gasteiger partial charge is 0.369 e. The maximum atomic E-state index is 13.0. The Morgan fingerprint density at radius 2 is 1.59 bits per heavy atom. The van der Waals surface area contributed by atoms with Gasteiger partial charge in [-0.2, -0.15) is 0 Å². The quantitative estimate of drug-likeness (QED) is 0.721. The van der Waals surface area contributed by atoms with Crippen molar-refractivity contribution in [3.63, 3.8) is 0 Å². The molecule has 0 saturated carbocycles. The van der Waals surface area contributed by atoms with Gasteiger partial charge in [0.2, 0.25) is 11.8 Å². The smallest absolute Gasteiger partial charge is 0.242 e. The number of carbonyl (C=O) groups excluding carboxylic acids is 2. The van der Waals surface area contributed by atoms with Crippen molar-refractivity contribution in [3.05, 3.63) is 58.8 Å². The molecule has 0 aliphatic carbocycles. The van der Waals surface area contributed by atoms with Crippen LogP contribution in [0.15, 0.2) is 53.3 Å². The van der Waals surface area contributed by atoms with Crippen LogP contribution in [0.5, 0.6) is 0 Å². The molecule has 2 aromatic carbocycles. The van der Waals surface area contributed by atoms with E-state index in [1.165, 1.54) is 0 Å². The fourth-order valence-corrected chi connectivity index (χ4v) is 3.92. The van der Waals surface area contributed by atoms with Crippen LogP contribution >= 0.6 is 0 Å². The van der Waals surface area contributed by atoms with E-state index in [9.17, 15) is 14.4 Å². The first-order valence-electron chi connectivity index (χ1n) is 9.13. The third kappa shape index (κ3) is 3.07. The Balaban J connectivity index is 1.77. The van der Waals surface area contributed by atoms with Gasteiger partial charge in [0.25, 0.3) is 0 Å². The molecule has 27 heavy (non-hydrogen) atoms. The summed E-state index contributed by atoms with van der Waals surface area (Å²) in [5.41, 5.74) is 6.87. The van der Waals surface area contributed by atoms with Crippen molar-refractivity contribution in [1.29, 1.82) is 0 Å². The van der Waals surface area contributed by atoms with Gasteiger partial charge in [-0.05, 0) is 37.1 Å². The van der Waals surface area contributed by atoms with Gasteiger partial charge >= 0.3 is 0 Å². The van der Waals surface area contributed by atoms with Crippen LogP contribution in [-0.2, 0) is 16.1 Å². The number of para-hydroxylation sites is 2. The van der Waals surface area contributed by atoms with E-state index in [1.807, 2.05) is 41.0 Å². The number of hydrogen-bond donors (Lipinski definition) is 1. The lowest BCUT2D eigenvalue weighted by Crippen LogP contribution is -2.45. The number of amides is 2. The molecule has 1 unspecified atom stereocenters. The number of hydrogen-bond acceptors (Lipinski definition) is 3. The van der Waals surface area contributed by atoms with E-state index in [2.05, 4.69) is 0 Å². The number of pyridine rings is 1. The molecule has 2 heterocycles. The second kappa shape index (κ2) is 6.87. The normalized spacial score (nSPS) is 17.3. The summed E-state index contributed by atoms with van der Waals surface area (Å²) in [6.07, 6.45) is 1.49. The number of fused-ring (bicyclic) bond motifs is 2. The van der Waals surface area contributed by atoms with E-state index in [0.29, 0.717) is 23.9 Å². The van der Waals surface area contributed by atoms with Gasteiger partial charge in [-0.1, -0.05) is 24.3 Å². The minimum atomic E-state index is -0.355. The topological polar surface area (TPSA) is 85.4 Å². The first-order valence-corrected chi connectivity index (χ1v) is 9.13. The number of likely N-dealkylation sites (tertiary alicyclic amines) is 1. The fraction of sp³-hybridized carbons (Fsp3) is 0.286. The Bertz CT molecular complexity index is 1040. The van der Waals surface area contributed by atoms with E-state index in [-0.39, 0.29) is 29.7 Å². The molecule has 3 aromatic rings. The molecular weight excluding hydrogens is 342 g/mol. The lowest BCUT2D eigenvalue weighted by atomic mass is 9.97. The zero-order chi connectivity index (χ0) is 19.0. The summed E-state index contributed by atoms with van der Waals surface area (Å²) in [4.78, 5) is 39.0. The highest BCUT2D eigenvalue weighted by Gasteiger charge is 2.27. The van der Waals surface area contributed by atoms with Gasteiger partial charge in [0.05, 0.1) is 17.0 Å². The van der Waals surface area contributed by atoms with Gasteiger partial charge in [-0.15, -0.1) is 0 Å². The van der Waals surface area contributed by atoms with Gasteiger partial charge in [0.1, 0.15) is 6.54 Å². The SMILES string of the molecule is NC(=O)C1CCCN(C(=O)Cn2c3ccccc3c(=O)c3ccccc32)C1. The lowest BCUT2D eigenvalue weighted by Gasteiger charge is -2.31. The third-order valence-corrected chi connectivity index (χ3v) is 5.35. The Kier molecular flexibility index (Phi) is 4.39. The van der Waals surface area contributed by atoms with Gasteiger partial charge in [0.15, 0.2) is 5.43 Å². The molecule has 1 aromatic heterocycles. The van der Waals surface area contributed by atoms with Crippen LogP contribution in [0, 0.1) is 5.92 Å². The summed E-state index contributed by atoms with van der Waals surface area (Å²) in [6.45, 7) is 1.11. The minimum absolute atomic E-state index is 0.0309. The summed E-state index contributed by atoms with van der Waals surface area (Å²) in [5.74, 6) is -0.711. The molecule has 1 atom stereocenters. The van der Waals surface area contributed by atoms with Gasteiger partial charge < -0.3 is 15.2 Å². The van der Waals surface area contributed by atoms with Crippen LogP contribution in [0.25, 0.3) is 21.8 Å². The summed E-state index contributed by atoms with van der Waals surface area (Å²) in [6, 6.07) is 14.7. The van der Waals surface area contributed by atoms with Crippen molar-refractivity contribution in [2.24, 2.45) is 11.7 Å². The summed E-state index contributed by atoms with van der Waals surface area (Å²) in [5, 5.41) is 1.19. The van der Waals surface area contributed by atoms with Gasteiger partial charge in [0, 0.05) is 23.9 Å². The van der Waals surface area contributed by atoms with Crippen LogP contribution in [0.1, 0.15) is 12.8 Å². The Labute approximate surface area is 156 Å². The number of primary amides is 1. The number of aromatic nitrogens is 1. The van der Waals surface area contributed by atoms with E-state index >= 15 is 0 Å². The molecule has 1 fully saturated rings. The number of nitrogens with zero attached hydrogens (tertiary/aromatic N) is 2. The number of piperidine rings is 1. The number of rotatable bonds is 3. The molecule has 1 aliphatic rings. The summed E-state index contributed by atoms with van der Waals surface area (Å²) >= 11 is 0. The number of benzene rings is 2. The van der Waals surface area contributed by atoms with E-state index in [4.69, 9.17) is 5.73 Å². The molecule has 4 rings (SSSR count). The molecule has 1 saturated heterocycles. The highest BCUT2D eigenvalue weighted by molar-refractivity contribution is 5.95. The van der Waals surface area contributed by atoms with Crippen LogP contribution in [-0.4, -0.2) is 34.4 Å². The molecule has 2 N–H and O–H groups in total. The molecule has 0 radical (unpaired) electrons. The van der Waals surface area contributed by atoms with E-state index in [0.717, 1.165) is 23.9 Å². The van der Waals surface area contributed by atoms with Crippen LogP contribution < -0.4 is 11.2 Å². The lowest BCUT2D eigenvalue weighted by molar-refractivity contribution is -0.135. The number of nitrogens with two attached hydrogens (primary N) is 1. The Morgan fingerprint density at radius 1 is 1.00 bits per heavy atom. The van der Waals surface area contributed by atoms with Gasteiger partial charge in [-0.25, -0.2) is 0 Å². The average molecular weight is 363 g/mol. The maximum Gasteiger partial charge on any atom is 0.242 e. The Morgan fingerprint density at radius 3 is 2.19 bits per heavy atom. The zero-order valence-electron chi connectivity index (χ0n) is 14.9. The first-order chi connectivity index (χ1) is 13.1. The monoisotopic (exact) mass is 363 g/mol. The number of carbonyl (C=O) groups is 2. The molecule has 6 heteroatoms. The predicted octanol–water partition coefficient (Wildman–Crippen LogP) is 1.88. The second-order valence-corrected chi connectivity index (χ2v) is 7.03. The standard InChI is InChI=1S/C21H21N3O3/c22-21(27)14-6-5-11-23(12-14)19(25)13-24-17-9-3-1-7-15(17)20(26)16-8-2-4-10-18(16)24/h1-4,7-10,14H,5-6,11-13H2,(H2,22,27). The Hall–Kier alpha value is -3.15. The fourth-order valence-electron chi connectivity index (χ4n) is 3.92. The average Bonchev–Trinajstić information content (AvgIpc) is 2.71. The molecule has 0 bridgehead atoms. The van der Waals surface area contributed by atoms with Crippen molar-refractivity contribution < 1.29 is 9.59 Å². The zero-order valence-corrected chi connectivity index (χ0v) is 14.9. The highest BCUT2D eigenvalue weighted by Crippen LogP contribution is 2.21. The minimum Gasteiger partial charge on any atom is -0.369 e. The predicted molar refractivity (Wildman–Crippen MR) is 104 cm³/mol. The van der Waals surface area contributed by atoms with Crippen molar-refractivity contribution in [1.82, 2.24) is 9.47 Å². The third-order valence-electron chi connectivity index (χ3n) is 5.35. The molecule has 0 spiro atoms. The molecule has 1 aliphatic heterocycles. The highest BCUT2D eigenvalue weighted by atomic mass is 16.2. The maximum absolute atomic E-state index is 13.0. The summed E-state index contributed by atoms with van der Waals surface area (Å²) < 4.78 is 1.89.